The Kier molecular flexibility index (Phi) is 16.4. The number of ketones is 3. The quantitative estimate of drug-likeness (QED) is 0.0342. The summed E-state index contributed by atoms with van der Waals surface area (Å²) >= 11 is 1.09. The standard InChI is InChI=1S/C53H42N4O11S/c1-5-39(58)29-67-52(65)43-25-23-41(27-45(43)50(63)54-4)69-42-24-26-44(53(66)68-30-40(59)6-2)46(28-42)51(64)57-38-21-15-35(16-22-38)49(62)56-37-19-13-33(14-20-37)47(60)32-11-17-36(18-12-32)55-48(61)34-9-7-31(3)8-10-34/h5-28H,1-2,29-30H2,3-4H3,(H,54,63)(H,55,61)(H,56,62)(H,57,64). The van der Waals surface area contributed by atoms with Crippen LogP contribution in [0.3, 0.4) is 0 Å². The number of hydrogen-bond acceptors (Lipinski definition) is 12. The van der Waals surface area contributed by atoms with Gasteiger partial charge in [0.15, 0.2) is 30.6 Å². The van der Waals surface area contributed by atoms with Crippen molar-refractivity contribution in [3.05, 3.63) is 209 Å². The van der Waals surface area contributed by atoms with Crippen molar-refractivity contribution in [2.45, 2.75) is 16.7 Å². The highest BCUT2D eigenvalue weighted by molar-refractivity contribution is 7.99. The SMILES string of the molecule is C=CC(=O)COC(=O)c1ccc(Sc2ccc(C(=O)OCC(=O)C=C)c(C(=O)Nc3ccc(C(=O)Nc4ccc(C(=O)c5ccc(NC(=O)c6ccc(C)cc6)cc5)cc4)cc3)c2)cc1C(=O)NC. The molecule has 6 rings (SSSR count). The van der Waals surface area contributed by atoms with E-state index in [1.807, 2.05) is 19.1 Å². The molecule has 346 valence electrons. The van der Waals surface area contributed by atoms with Crippen LogP contribution in [0.5, 0.6) is 0 Å². The van der Waals surface area contributed by atoms with Gasteiger partial charge in [-0.05, 0) is 140 Å². The first-order valence-corrected chi connectivity index (χ1v) is 21.7. The molecule has 6 aromatic rings. The fourth-order valence-electron chi connectivity index (χ4n) is 6.31. The van der Waals surface area contributed by atoms with Gasteiger partial charge in [-0.1, -0.05) is 42.6 Å². The summed E-state index contributed by atoms with van der Waals surface area (Å²) in [6.07, 6.45) is 1.99. The molecular formula is C53H42N4O11S. The lowest BCUT2D eigenvalue weighted by Gasteiger charge is -2.13. The molecule has 0 aliphatic rings. The third kappa shape index (κ3) is 13.1. The predicted octanol–water partition coefficient (Wildman–Crippen LogP) is 8.32. The first kappa shape index (κ1) is 49.4. The Hall–Kier alpha value is -9.02. The number of hydrogen-bond donors (Lipinski definition) is 4. The number of ether oxygens (including phenoxy) is 2. The molecule has 0 saturated carbocycles. The van der Waals surface area contributed by atoms with Gasteiger partial charge in [0, 0.05) is 56.2 Å². The minimum Gasteiger partial charge on any atom is -0.454 e. The zero-order chi connectivity index (χ0) is 49.6. The van der Waals surface area contributed by atoms with E-state index in [0.717, 1.165) is 29.5 Å². The molecule has 4 amide bonds. The van der Waals surface area contributed by atoms with Crippen LogP contribution in [0, 0.1) is 6.92 Å². The van der Waals surface area contributed by atoms with E-state index in [0.29, 0.717) is 37.9 Å². The summed E-state index contributed by atoms with van der Waals surface area (Å²) in [6.45, 7) is 7.46. The van der Waals surface area contributed by atoms with Crippen molar-refractivity contribution in [2.75, 3.05) is 36.2 Å². The van der Waals surface area contributed by atoms with E-state index in [1.165, 1.54) is 67.7 Å². The normalized spacial score (nSPS) is 10.4. The van der Waals surface area contributed by atoms with Crippen LogP contribution in [0.1, 0.15) is 83.6 Å². The predicted molar refractivity (Wildman–Crippen MR) is 259 cm³/mol. The Morgan fingerprint density at radius 3 is 1.22 bits per heavy atom. The largest absolute Gasteiger partial charge is 0.454 e. The van der Waals surface area contributed by atoms with Crippen molar-refractivity contribution in [2.24, 2.45) is 0 Å². The van der Waals surface area contributed by atoms with Gasteiger partial charge in [-0.25, -0.2) is 9.59 Å². The molecule has 69 heavy (non-hydrogen) atoms. The smallest absolute Gasteiger partial charge is 0.339 e. The fraction of sp³-hybridized carbons (Fsp3) is 0.0755. The van der Waals surface area contributed by atoms with Crippen molar-refractivity contribution in [3.8, 4) is 0 Å². The highest BCUT2D eigenvalue weighted by atomic mass is 32.2. The molecule has 0 unspecified atom stereocenters. The van der Waals surface area contributed by atoms with Gasteiger partial charge < -0.3 is 30.7 Å². The van der Waals surface area contributed by atoms with Gasteiger partial charge in [-0.3, -0.25) is 33.6 Å². The fourth-order valence-corrected chi connectivity index (χ4v) is 7.21. The zero-order valence-corrected chi connectivity index (χ0v) is 37.9. The molecule has 16 heteroatoms. The van der Waals surface area contributed by atoms with E-state index < -0.39 is 54.4 Å². The van der Waals surface area contributed by atoms with Crippen LogP contribution in [-0.2, 0) is 19.1 Å². The van der Waals surface area contributed by atoms with Crippen LogP contribution in [0.25, 0.3) is 0 Å². The maximum atomic E-state index is 13.8. The molecule has 0 bridgehead atoms. The van der Waals surface area contributed by atoms with Crippen LogP contribution >= 0.6 is 11.8 Å². The first-order chi connectivity index (χ1) is 33.1. The van der Waals surface area contributed by atoms with Crippen LogP contribution in [-0.4, -0.2) is 73.2 Å². The molecular weight excluding hydrogens is 901 g/mol. The lowest BCUT2D eigenvalue weighted by Crippen LogP contribution is -2.22. The van der Waals surface area contributed by atoms with Crippen molar-refractivity contribution >= 4 is 81.7 Å². The lowest BCUT2D eigenvalue weighted by atomic mass is 10.0. The summed E-state index contributed by atoms with van der Waals surface area (Å²) in [7, 11) is 1.37. The molecule has 0 aliphatic carbocycles. The molecule has 0 heterocycles. The zero-order valence-electron chi connectivity index (χ0n) is 37.1. The van der Waals surface area contributed by atoms with Crippen molar-refractivity contribution < 1.29 is 52.6 Å². The second-order valence-corrected chi connectivity index (χ2v) is 16.0. The highest BCUT2D eigenvalue weighted by Gasteiger charge is 2.23. The van der Waals surface area contributed by atoms with Crippen molar-refractivity contribution in [1.82, 2.24) is 5.32 Å². The molecule has 0 radical (unpaired) electrons. The summed E-state index contributed by atoms with van der Waals surface area (Å²) in [5.74, 6) is -5.34. The van der Waals surface area contributed by atoms with Gasteiger partial charge >= 0.3 is 11.9 Å². The molecule has 0 spiro atoms. The van der Waals surface area contributed by atoms with E-state index in [9.17, 15) is 43.2 Å². The summed E-state index contributed by atoms with van der Waals surface area (Å²) in [4.78, 5) is 116. The third-order valence-electron chi connectivity index (χ3n) is 10.0. The molecule has 0 saturated heterocycles. The van der Waals surface area contributed by atoms with Crippen LogP contribution in [0.15, 0.2) is 169 Å². The van der Waals surface area contributed by atoms with E-state index in [-0.39, 0.29) is 45.2 Å². The number of carbonyl (C=O) groups excluding carboxylic acids is 9. The monoisotopic (exact) mass is 942 g/mol. The first-order valence-electron chi connectivity index (χ1n) is 20.8. The Morgan fingerprint density at radius 1 is 0.464 bits per heavy atom. The Bertz CT molecular complexity index is 3020. The molecule has 6 aromatic carbocycles. The van der Waals surface area contributed by atoms with Crippen LogP contribution in [0.4, 0.5) is 17.1 Å². The molecule has 0 atom stereocenters. The number of esters is 2. The van der Waals surface area contributed by atoms with Gasteiger partial charge in [0.25, 0.3) is 23.6 Å². The minimum atomic E-state index is -0.967. The number of aryl methyl sites for hydroxylation is 1. The second kappa shape index (κ2) is 22.9. The number of benzene rings is 6. The molecule has 0 fully saturated rings. The van der Waals surface area contributed by atoms with Gasteiger partial charge in [-0.2, -0.15) is 0 Å². The number of anilines is 3. The van der Waals surface area contributed by atoms with E-state index >= 15 is 0 Å². The molecule has 15 nitrogen and oxygen atoms in total. The minimum absolute atomic E-state index is 0.0481. The summed E-state index contributed by atoms with van der Waals surface area (Å²) in [6, 6.07) is 34.5. The van der Waals surface area contributed by atoms with E-state index in [1.54, 1.807) is 60.7 Å². The van der Waals surface area contributed by atoms with Gasteiger partial charge in [0.2, 0.25) is 0 Å². The summed E-state index contributed by atoms with van der Waals surface area (Å²) < 4.78 is 10.2. The number of rotatable bonds is 19. The van der Waals surface area contributed by atoms with Crippen molar-refractivity contribution in [1.29, 1.82) is 0 Å². The van der Waals surface area contributed by atoms with Crippen molar-refractivity contribution in [3.63, 3.8) is 0 Å². The van der Waals surface area contributed by atoms with Gasteiger partial charge in [0.1, 0.15) is 0 Å². The van der Waals surface area contributed by atoms with Gasteiger partial charge in [0.05, 0.1) is 22.3 Å². The maximum Gasteiger partial charge on any atom is 0.339 e. The Labute approximate surface area is 400 Å². The van der Waals surface area contributed by atoms with Crippen LogP contribution < -0.4 is 21.3 Å². The third-order valence-corrected chi connectivity index (χ3v) is 11.0. The molecule has 0 aromatic heterocycles. The molecule has 0 aliphatic heterocycles. The average Bonchev–Trinajstić information content (AvgIpc) is 3.37. The van der Waals surface area contributed by atoms with Crippen LogP contribution in [0.2, 0.25) is 0 Å². The lowest BCUT2D eigenvalue weighted by molar-refractivity contribution is -0.118. The number of amides is 4. The second-order valence-electron chi connectivity index (χ2n) is 14.9. The molecule has 4 N–H and O–H groups in total. The Balaban J connectivity index is 1.12. The topological polar surface area (TPSA) is 220 Å². The maximum absolute atomic E-state index is 13.8. The van der Waals surface area contributed by atoms with E-state index in [2.05, 4.69) is 34.4 Å². The number of nitrogens with one attached hydrogen (secondary N) is 4. The Morgan fingerprint density at radius 2 is 0.826 bits per heavy atom. The van der Waals surface area contributed by atoms with E-state index in [4.69, 9.17) is 9.47 Å². The average molecular weight is 943 g/mol. The highest BCUT2D eigenvalue weighted by Crippen LogP contribution is 2.32. The summed E-state index contributed by atoms with van der Waals surface area (Å²) in [5.41, 5.74) is 3.29. The number of carbonyl (C=O) groups is 9. The van der Waals surface area contributed by atoms with Gasteiger partial charge in [-0.15, -0.1) is 0 Å². The summed E-state index contributed by atoms with van der Waals surface area (Å²) in [5, 5.41) is 10.8.